The second kappa shape index (κ2) is 6.35. The number of aromatic nitrogens is 4. The van der Waals surface area contributed by atoms with E-state index in [1.54, 1.807) is 18.2 Å². The average molecular weight is 336 g/mol. The van der Waals surface area contributed by atoms with Crippen LogP contribution in [0.15, 0.2) is 42.5 Å². The lowest BCUT2D eigenvalue weighted by Crippen LogP contribution is -2.13. The lowest BCUT2D eigenvalue weighted by atomic mass is 10.1. The molecular weight excluding hydrogens is 320 g/mol. The van der Waals surface area contributed by atoms with Crippen LogP contribution in [0.25, 0.3) is 11.4 Å². The second-order valence-electron chi connectivity index (χ2n) is 5.69. The molecule has 0 saturated carbocycles. The molecule has 0 saturated heterocycles. The van der Waals surface area contributed by atoms with E-state index in [1.165, 1.54) is 10.4 Å². The largest absolute Gasteiger partial charge is 0.454 e. The summed E-state index contributed by atoms with van der Waals surface area (Å²) in [6, 6.07) is 13.1. The van der Waals surface area contributed by atoms with E-state index in [1.807, 2.05) is 24.3 Å². The van der Waals surface area contributed by atoms with Crippen LogP contribution in [0, 0.1) is 0 Å². The Balaban J connectivity index is 1.49. The molecule has 0 radical (unpaired) electrons. The fraction of sp³-hybridized carbons (Fsp3) is 0.222. The molecule has 1 aliphatic heterocycles. The van der Waals surface area contributed by atoms with Crippen LogP contribution < -0.4 is 9.47 Å². The highest BCUT2D eigenvalue weighted by atomic mass is 16.7. The monoisotopic (exact) mass is 336 g/mol. The third kappa shape index (κ3) is 3.08. The van der Waals surface area contributed by atoms with Crippen molar-refractivity contribution >= 4 is 5.78 Å². The number of tetrazole rings is 1. The lowest BCUT2D eigenvalue weighted by molar-refractivity contribution is 0.0961. The number of aryl methyl sites for hydroxylation is 1. The second-order valence-corrected chi connectivity index (χ2v) is 5.69. The van der Waals surface area contributed by atoms with Gasteiger partial charge in [0.15, 0.2) is 17.3 Å². The van der Waals surface area contributed by atoms with Gasteiger partial charge in [-0.1, -0.05) is 31.2 Å². The molecule has 4 rings (SSSR count). The van der Waals surface area contributed by atoms with Gasteiger partial charge in [0.2, 0.25) is 12.6 Å². The Morgan fingerprint density at radius 2 is 1.92 bits per heavy atom. The first-order chi connectivity index (χ1) is 12.2. The standard InChI is InChI=1S/C18H16N4O3/c1-2-12-3-5-13(6-4-12)18-19-21-22(20-18)10-15(23)14-7-8-16-17(9-14)25-11-24-16/h3-9H,2,10-11H2,1H3. The highest BCUT2D eigenvalue weighted by Crippen LogP contribution is 2.32. The number of fused-ring (bicyclic) bond motifs is 1. The molecule has 2 heterocycles. The third-order valence-electron chi connectivity index (χ3n) is 4.05. The number of rotatable bonds is 5. The van der Waals surface area contributed by atoms with Gasteiger partial charge in [-0.25, -0.2) is 0 Å². The Bertz CT molecular complexity index is 918. The Morgan fingerprint density at radius 3 is 2.72 bits per heavy atom. The van der Waals surface area contributed by atoms with E-state index in [-0.39, 0.29) is 19.1 Å². The molecule has 126 valence electrons. The first-order valence-corrected chi connectivity index (χ1v) is 8.03. The fourth-order valence-electron chi connectivity index (χ4n) is 2.61. The molecule has 0 aliphatic carbocycles. The number of ketones is 1. The maximum Gasteiger partial charge on any atom is 0.231 e. The minimum atomic E-state index is -0.122. The minimum Gasteiger partial charge on any atom is -0.454 e. The molecule has 0 unspecified atom stereocenters. The molecule has 0 atom stereocenters. The molecule has 3 aromatic rings. The van der Waals surface area contributed by atoms with Crippen LogP contribution in [0.5, 0.6) is 11.5 Å². The van der Waals surface area contributed by atoms with E-state index in [4.69, 9.17) is 9.47 Å². The van der Waals surface area contributed by atoms with Crippen LogP contribution in [-0.4, -0.2) is 32.8 Å². The zero-order valence-electron chi connectivity index (χ0n) is 13.7. The number of hydrogen-bond donors (Lipinski definition) is 0. The van der Waals surface area contributed by atoms with E-state index >= 15 is 0 Å². The highest BCUT2D eigenvalue weighted by molar-refractivity contribution is 5.96. The van der Waals surface area contributed by atoms with Gasteiger partial charge in [0.05, 0.1) is 0 Å². The fourth-order valence-corrected chi connectivity index (χ4v) is 2.61. The normalized spacial score (nSPS) is 12.4. The molecule has 0 spiro atoms. The highest BCUT2D eigenvalue weighted by Gasteiger charge is 2.17. The van der Waals surface area contributed by atoms with Gasteiger partial charge in [-0.3, -0.25) is 4.79 Å². The number of Topliss-reactive ketones (excluding diaryl/α,β-unsaturated/α-hetero) is 1. The van der Waals surface area contributed by atoms with Crippen molar-refractivity contribution in [2.45, 2.75) is 19.9 Å². The van der Waals surface area contributed by atoms with Crippen molar-refractivity contribution in [2.75, 3.05) is 6.79 Å². The summed E-state index contributed by atoms with van der Waals surface area (Å²) in [5.41, 5.74) is 2.64. The van der Waals surface area contributed by atoms with Crippen LogP contribution >= 0.6 is 0 Å². The molecular formula is C18H16N4O3. The summed E-state index contributed by atoms with van der Waals surface area (Å²) in [5, 5.41) is 12.3. The first-order valence-electron chi connectivity index (χ1n) is 8.03. The van der Waals surface area contributed by atoms with Gasteiger partial charge >= 0.3 is 0 Å². The van der Waals surface area contributed by atoms with Crippen LogP contribution in [0.1, 0.15) is 22.8 Å². The summed E-state index contributed by atoms with van der Waals surface area (Å²) in [4.78, 5) is 13.7. The summed E-state index contributed by atoms with van der Waals surface area (Å²) in [6.45, 7) is 2.29. The first kappa shape index (κ1) is 15.3. The van der Waals surface area contributed by atoms with Gasteiger partial charge in [0.1, 0.15) is 6.54 Å². The summed E-state index contributed by atoms with van der Waals surface area (Å²) >= 11 is 0. The summed E-state index contributed by atoms with van der Waals surface area (Å²) in [6.07, 6.45) is 0.977. The molecule has 25 heavy (non-hydrogen) atoms. The SMILES string of the molecule is CCc1ccc(-c2nnn(CC(=O)c3ccc4c(c3)OCO4)n2)cc1. The van der Waals surface area contributed by atoms with Crippen molar-refractivity contribution in [3.05, 3.63) is 53.6 Å². The summed E-state index contributed by atoms with van der Waals surface area (Å²) in [7, 11) is 0. The van der Waals surface area contributed by atoms with Crippen molar-refractivity contribution < 1.29 is 14.3 Å². The summed E-state index contributed by atoms with van der Waals surface area (Å²) < 4.78 is 10.5. The molecule has 0 amide bonds. The number of hydrogen-bond acceptors (Lipinski definition) is 6. The number of ether oxygens (including phenoxy) is 2. The van der Waals surface area contributed by atoms with Crippen molar-refractivity contribution in [3.8, 4) is 22.9 Å². The molecule has 0 fully saturated rings. The van der Waals surface area contributed by atoms with E-state index in [0.717, 1.165) is 12.0 Å². The van der Waals surface area contributed by atoms with Gasteiger partial charge in [-0.05, 0) is 35.4 Å². The molecule has 7 heteroatoms. The van der Waals surface area contributed by atoms with Crippen LogP contribution in [0.4, 0.5) is 0 Å². The van der Waals surface area contributed by atoms with Crippen molar-refractivity contribution in [3.63, 3.8) is 0 Å². The van der Waals surface area contributed by atoms with E-state index < -0.39 is 0 Å². The Kier molecular flexibility index (Phi) is 3.89. The van der Waals surface area contributed by atoms with Crippen LogP contribution in [-0.2, 0) is 13.0 Å². The third-order valence-corrected chi connectivity index (χ3v) is 4.05. The van der Waals surface area contributed by atoms with Crippen molar-refractivity contribution in [1.29, 1.82) is 0 Å². The molecule has 0 bridgehead atoms. The van der Waals surface area contributed by atoms with E-state index in [0.29, 0.717) is 22.9 Å². The Morgan fingerprint density at radius 1 is 1.12 bits per heavy atom. The quantitative estimate of drug-likeness (QED) is 0.666. The average Bonchev–Trinajstić information content (AvgIpc) is 3.30. The molecule has 1 aliphatic rings. The van der Waals surface area contributed by atoms with Gasteiger partial charge in [-0.15, -0.1) is 10.2 Å². The van der Waals surface area contributed by atoms with Gasteiger partial charge in [0, 0.05) is 11.1 Å². The lowest BCUT2D eigenvalue weighted by Gasteiger charge is -2.02. The maximum atomic E-state index is 12.4. The van der Waals surface area contributed by atoms with E-state index in [2.05, 4.69) is 22.3 Å². The van der Waals surface area contributed by atoms with Gasteiger partial charge in [0.25, 0.3) is 0 Å². The Hall–Kier alpha value is -3.22. The number of carbonyl (C=O) groups is 1. The zero-order valence-corrected chi connectivity index (χ0v) is 13.7. The molecule has 7 nitrogen and oxygen atoms in total. The van der Waals surface area contributed by atoms with Crippen molar-refractivity contribution in [2.24, 2.45) is 0 Å². The predicted octanol–water partition coefficient (Wildman–Crippen LogP) is 2.51. The van der Waals surface area contributed by atoms with Gasteiger partial charge < -0.3 is 9.47 Å². The van der Waals surface area contributed by atoms with E-state index in [9.17, 15) is 4.79 Å². The number of benzene rings is 2. The summed E-state index contributed by atoms with van der Waals surface area (Å²) in [5.74, 6) is 1.60. The van der Waals surface area contributed by atoms with Crippen LogP contribution in [0.2, 0.25) is 0 Å². The topological polar surface area (TPSA) is 79.1 Å². The zero-order chi connectivity index (χ0) is 17.2. The minimum absolute atomic E-state index is 0.0136. The number of carbonyl (C=O) groups excluding carboxylic acids is 1. The molecule has 2 aromatic carbocycles. The Labute approximate surface area is 144 Å². The molecule has 0 N–H and O–H groups in total. The number of nitrogens with zero attached hydrogens (tertiary/aromatic N) is 4. The van der Waals surface area contributed by atoms with Crippen molar-refractivity contribution in [1.82, 2.24) is 20.2 Å². The molecule has 1 aromatic heterocycles. The smallest absolute Gasteiger partial charge is 0.231 e. The maximum absolute atomic E-state index is 12.4. The van der Waals surface area contributed by atoms with Gasteiger partial charge in [-0.2, -0.15) is 4.80 Å². The predicted molar refractivity (Wildman–Crippen MR) is 89.5 cm³/mol. The van der Waals surface area contributed by atoms with Crippen LogP contribution in [0.3, 0.4) is 0 Å².